The molecule has 1 heterocycles. The summed E-state index contributed by atoms with van der Waals surface area (Å²) in [4.78, 5) is 17.4. The highest BCUT2D eigenvalue weighted by atomic mass is 35.5. The molecular formula is C27H30ClN3O. The third kappa shape index (κ3) is 5.57. The molecule has 166 valence electrons. The maximum absolute atomic E-state index is 12.7. The minimum Gasteiger partial charge on any atom is -0.348 e. The van der Waals surface area contributed by atoms with E-state index in [9.17, 15) is 4.79 Å². The first-order valence-electron chi connectivity index (χ1n) is 11.2. The Kier molecular flexibility index (Phi) is 7.59. The Morgan fingerprint density at radius 2 is 1.38 bits per heavy atom. The fraction of sp³-hybridized carbons (Fsp3) is 0.296. The van der Waals surface area contributed by atoms with Gasteiger partial charge < -0.3 is 5.32 Å². The topological polar surface area (TPSA) is 35.6 Å². The zero-order valence-corrected chi connectivity index (χ0v) is 19.2. The van der Waals surface area contributed by atoms with Crippen LogP contribution in [0.5, 0.6) is 0 Å². The summed E-state index contributed by atoms with van der Waals surface area (Å²) >= 11 is 6.27. The second-order valence-electron chi connectivity index (χ2n) is 8.35. The summed E-state index contributed by atoms with van der Waals surface area (Å²) in [5.41, 5.74) is 3.55. The normalized spacial score (nSPS) is 16.1. The van der Waals surface area contributed by atoms with Crippen LogP contribution in [0.4, 0.5) is 0 Å². The molecule has 0 spiro atoms. The smallest absolute Gasteiger partial charge is 0.234 e. The summed E-state index contributed by atoms with van der Waals surface area (Å²) in [6.45, 7) is 5.95. The Bertz CT molecular complexity index is 964. The number of hydrogen-bond donors (Lipinski definition) is 1. The van der Waals surface area contributed by atoms with Crippen molar-refractivity contribution in [2.45, 2.75) is 19.0 Å². The first-order valence-corrected chi connectivity index (χ1v) is 11.6. The molecule has 1 atom stereocenters. The number of carbonyl (C=O) groups is 1. The highest BCUT2D eigenvalue weighted by Gasteiger charge is 2.27. The van der Waals surface area contributed by atoms with Gasteiger partial charge in [0.05, 0.1) is 18.6 Å². The second kappa shape index (κ2) is 10.8. The van der Waals surface area contributed by atoms with E-state index in [-0.39, 0.29) is 18.0 Å². The zero-order chi connectivity index (χ0) is 22.3. The number of halogens is 1. The number of nitrogens with one attached hydrogen (secondary N) is 1. The van der Waals surface area contributed by atoms with Gasteiger partial charge in [-0.25, -0.2) is 0 Å². The lowest BCUT2D eigenvalue weighted by molar-refractivity contribution is -0.123. The van der Waals surface area contributed by atoms with E-state index in [1.54, 1.807) is 0 Å². The van der Waals surface area contributed by atoms with Crippen molar-refractivity contribution in [2.24, 2.45) is 0 Å². The Morgan fingerprint density at radius 3 is 1.94 bits per heavy atom. The van der Waals surface area contributed by atoms with E-state index in [0.717, 1.165) is 31.7 Å². The number of nitrogens with zero attached hydrogens (tertiary/aromatic N) is 2. The molecule has 4 rings (SSSR count). The van der Waals surface area contributed by atoms with Gasteiger partial charge in [0.2, 0.25) is 5.91 Å². The molecule has 5 heteroatoms. The Hall–Kier alpha value is -2.66. The quantitative estimate of drug-likeness (QED) is 0.558. The van der Waals surface area contributed by atoms with Gasteiger partial charge in [0.15, 0.2) is 0 Å². The van der Waals surface area contributed by atoms with E-state index < -0.39 is 0 Å². The number of piperazine rings is 1. The molecule has 0 radical (unpaired) electrons. The van der Waals surface area contributed by atoms with Gasteiger partial charge in [-0.05, 0) is 29.7 Å². The lowest BCUT2D eigenvalue weighted by Gasteiger charge is -2.39. The molecule has 1 fully saturated rings. The Labute approximate surface area is 195 Å². The van der Waals surface area contributed by atoms with Crippen molar-refractivity contribution in [3.05, 3.63) is 107 Å². The highest BCUT2D eigenvalue weighted by molar-refractivity contribution is 6.31. The Morgan fingerprint density at radius 1 is 0.844 bits per heavy atom. The first kappa shape index (κ1) is 22.5. The summed E-state index contributed by atoms with van der Waals surface area (Å²) in [5.74, 6) is 0.0357. The zero-order valence-electron chi connectivity index (χ0n) is 18.5. The minimum atomic E-state index is -0.113. The lowest BCUT2D eigenvalue weighted by Crippen LogP contribution is -2.50. The van der Waals surface area contributed by atoms with Crippen molar-refractivity contribution in [1.29, 1.82) is 0 Å². The lowest BCUT2D eigenvalue weighted by atomic mass is 9.96. The van der Waals surface area contributed by atoms with Crippen LogP contribution < -0.4 is 5.32 Å². The van der Waals surface area contributed by atoms with E-state index in [1.165, 1.54) is 11.1 Å². The van der Waals surface area contributed by atoms with Gasteiger partial charge in [0.1, 0.15) is 0 Å². The average Bonchev–Trinajstić information content (AvgIpc) is 2.82. The van der Waals surface area contributed by atoms with Gasteiger partial charge in [-0.15, -0.1) is 0 Å². The third-order valence-electron chi connectivity index (χ3n) is 6.12. The van der Waals surface area contributed by atoms with E-state index in [4.69, 9.17) is 11.6 Å². The molecule has 32 heavy (non-hydrogen) atoms. The fourth-order valence-corrected chi connectivity index (χ4v) is 4.76. The highest BCUT2D eigenvalue weighted by Crippen LogP contribution is 2.29. The second-order valence-corrected chi connectivity index (χ2v) is 8.75. The molecule has 4 nitrogen and oxygen atoms in total. The molecule has 1 amide bonds. The molecule has 3 aromatic rings. The van der Waals surface area contributed by atoms with Gasteiger partial charge in [-0.2, -0.15) is 0 Å². The molecule has 0 bridgehead atoms. The van der Waals surface area contributed by atoms with E-state index >= 15 is 0 Å². The molecule has 0 aliphatic carbocycles. The number of amides is 1. The van der Waals surface area contributed by atoms with Crippen molar-refractivity contribution in [3.63, 3.8) is 0 Å². The fourth-order valence-electron chi connectivity index (χ4n) is 4.46. The van der Waals surface area contributed by atoms with Gasteiger partial charge in [-0.3, -0.25) is 14.6 Å². The maximum Gasteiger partial charge on any atom is 0.234 e. The van der Waals surface area contributed by atoms with Crippen LogP contribution in [-0.2, 0) is 4.79 Å². The Balaban J connectivity index is 1.35. The molecule has 0 aromatic heterocycles. The number of carbonyl (C=O) groups excluding carboxylic acids is 1. The monoisotopic (exact) mass is 447 g/mol. The van der Waals surface area contributed by atoms with Gasteiger partial charge >= 0.3 is 0 Å². The van der Waals surface area contributed by atoms with Crippen LogP contribution in [0.25, 0.3) is 0 Å². The molecule has 3 aromatic carbocycles. The summed E-state index contributed by atoms with van der Waals surface area (Å²) in [7, 11) is 0. The number of hydrogen-bond acceptors (Lipinski definition) is 3. The summed E-state index contributed by atoms with van der Waals surface area (Å²) in [6.07, 6.45) is 0. The molecule has 1 aliphatic heterocycles. The van der Waals surface area contributed by atoms with Crippen LogP contribution in [0.15, 0.2) is 84.9 Å². The van der Waals surface area contributed by atoms with Crippen LogP contribution >= 0.6 is 11.6 Å². The molecular weight excluding hydrogens is 418 g/mol. The molecule has 1 aliphatic rings. The largest absolute Gasteiger partial charge is 0.348 e. The average molecular weight is 448 g/mol. The minimum absolute atomic E-state index is 0.0357. The number of rotatable bonds is 7. The predicted octanol–water partition coefficient (Wildman–Crippen LogP) is 4.92. The SMILES string of the molecule is CC(NC(=O)CN1CCN(C(c2ccccc2)c2ccccc2)CC1)c1ccccc1Cl. The molecule has 1 saturated heterocycles. The van der Waals surface area contributed by atoms with Crippen molar-refractivity contribution in [3.8, 4) is 0 Å². The van der Waals surface area contributed by atoms with Crippen molar-refractivity contribution >= 4 is 17.5 Å². The molecule has 1 N–H and O–H groups in total. The third-order valence-corrected chi connectivity index (χ3v) is 6.46. The van der Waals surface area contributed by atoms with Gasteiger partial charge in [-0.1, -0.05) is 90.5 Å². The summed E-state index contributed by atoms with van der Waals surface area (Å²) in [5, 5.41) is 3.77. The van der Waals surface area contributed by atoms with Crippen LogP contribution in [0, 0.1) is 0 Å². The van der Waals surface area contributed by atoms with Crippen LogP contribution in [0.2, 0.25) is 5.02 Å². The van der Waals surface area contributed by atoms with Crippen LogP contribution in [0.3, 0.4) is 0 Å². The van der Waals surface area contributed by atoms with E-state index in [1.807, 2.05) is 31.2 Å². The van der Waals surface area contributed by atoms with Crippen molar-refractivity contribution < 1.29 is 4.79 Å². The van der Waals surface area contributed by atoms with Crippen molar-refractivity contribution in [2.75, 3.05) is 32.7 Å². The molecule has 1 unspecified atom stereocenters. The maximum atomic E-state index is 12.7. The standard InChI is InChI=1S/C27H30ClN3O/c1-21(24-14-8-9-15-25(24)28)29-26(32)20-30-16-18-31(19-17-30)27(22-10-4-2-5-11-22)23-12-6-3-7-13-23/h2-15,21,27H,16-20H2,1H3,(H,29,32). The number of benzene rings is 3. The molecule has 0 saturated carbocycles. The summed E-state index contributed by atoms with van der Waals surface area (Å²) in [6, 6.07) is 29.1. The van der Waals surface area contributed by atoms with E-state index in [2.05, 4.69) is 75.8 Å². The summed E-state index contributed by atoms with van der Waals surface area (Å²) < 4.78 is 0. The van der Waals surface area contributed by atoms with Crippen molar-refractivity contribution in [1.82, 2.24) is 15.1 Å². The first-order chi connectivity index (χ1) is 15.6. The van der Waals surface area contributed by atoms with E-state index in [0.29, 0.717) is 11.6 Å². The predicted molar refractivity (Wildman–Crippen MR) is 131 cm³/mol. The van der Waals surface area contributed by atoms with Gasteiger partial charge in [0.25, 0.3) is 0 Å². The van der Waals surface area contributed by atoms with Crippen LogP contribution in [-0.4, -0.2) is 48.4 Å². The van der Waals surface area contributed by atoms with Gasteiger partial charge in [0, 0.05) is 31.2 Å². The van der Waals surface area contributed by atoms with Crippen LogP contribution in [0.1, 0.15) is 35.7 Å².